The summed E-state index contributed by atoms with van der Waals surface area (Å²) in [6.07, 6.45) is 3.26. The molecule has 1 aromatic rings. The Balaban J connectivity index is 2.17. The first-order valence-corrected chi connectivity index (χ1v) is 4.26. The van der Waals surface area contributed by atoms with Crippen molar-refractivity contribution >= 4 is 22.6 Å². The Morgan fingerprint density at radius 2 is 2.60 bits per heavy atom. The van der Waals surface area contributed by atoms with Gasteiger partial charge in [-0.3, -0.25) is 0 Å². The number of halogens is 1. The number of hydrogen-bond acceptors (Lipinski definition) is 2. The van der Waals surface area contributed by atoms with E-state index >= 15 is 0 Å². The third-order valence-corrected chi connectivity index (χ3v) is 2.12. The fourth-order valence-electron chi connectivity index (χ4n) is 0.907. The number of ether oxygens (including phenoxy) is 1. The Morgan fingerprint density at radius 1 is 1.80 bits per heavy atom. The minimum Gasteiger partial charge on any atom is -0.356 e. The molecule has 1 unspecified atom stereocenters. The van der Waals surface area contributed by atoms with Gasteiger partial charge in [0.2, 0.25) is 0 Å². The zero-order chi connectivity index (χ0) is 6.97. The van der Waals surface area contributed by atoms with Gasteiger partial charge in [0, 0.05) is 12.6 Å². The molecule has 0 aliphatic carbocycles. The van der Waals surface area contributed by atoms with Crippen LogP contribution in [0.15, 0.2) is 12.3 Å². The van der Waals surface area contributed by atoms with Crippen LogP contribution < -0.4 is 0 Å². The molecule has 2 heterocycles. The normalized spacial score (nSPS) is 24.3. The van der Waals surface area contributed by atoms with Gasteiger partial charge in [-0.15, -0.1) is 0 Å². The van der Waals surface area contributed by atoms with Gasteiger partial charge < -0.3 is 4.74 Å². The summed E-state index contributed by atoms with van der Waals surface area (Å²) in [5.41, 5.74) is 0. The van der Waals surface area contributed by atoms with Crippen LogP contribution >= 0.6 is 22.6 Å². The van der Waals surface area contributed by atoms with Crippen molar-refractivity contribution in [2.24, 2.45) is 0 Å². The minimum atomic E-state index is 0.212. The van der Waals surface area contributed by atoms with Crippen molar-refractivity contribution in [1.29, 1.82) is 0 Å². The van der Waals surface area contributed by atoms with Gasteiger partial charge in [-0.2, -0.15) is 5.10 Å². The van der Waals surface area contributed by atoms with E-state index in [1.54, 1.807) is 0 Å². The standard InChI is InChI=1S/C6H7IN2O/c7-5-1-3-9(8-5)6-2-4-10-6/h1,3,6H,2,4H2. The second kappa shape index (κ2) is 2.50. The Kier molecular flexibility index (Phi) is 1.65. The summed E-state index contributed by atoms with van der Waals surface area (Å²) in [5, 5.41) is 4.21. The molecule has 1 aliphatic rings. The van der Waals surface area contributed by atoms with Crippen molar-refractivity contribution < 1.29 is 4.74 Å². The van der Waals surface area contributed by atoms with Gasteiger partial charge in [-0.25, -0.2) is 4.68 Å². The Labute approximate surface area is 72.5 Å². The molecule has 1 saturated heterocycles. The third kappa shape index (κ3) is 1.05. The molecule has 0 radical (unpaired) electrons. The van der Waals surface area contributed by atoms with Gasteiger partial charge in [0.1, 0.15) is 3.70 Å². The zero-order valence-corrected chi connectivity index (χ0v) is 7.48. The predicted octanol–water partition coefficient (Wildman–Crippen LogP) is 1.41. The lowest BCUT2D eigenvalue weighted by Crippen LogP contribution is -2.24. The zero-order valence-electron chi connectivity index (χ0n) is 5.33. The molecule has 10 heavy (non-hydrogen) atoms. The quantitative estimate of drug-likeness (QED) is 0.704. The van der Waals surface area contributed by atoms with Crippen molar-refractivity contribution in [3.8, 4) is 0 Å². The molecular weight excluding hydrogens is 243 g/mol. The maximum atomic E-state index is 5.23. The van der Waals surface area contributed by atoms with Crippen LogP contribution in [0.4, 0.5) is 0 Å². The van der Waals surface area contributed by atoms with Gasteiger partial charge in [0.05, 0.1) is 6.61 Å². The molecular formula is C6H7IN2O. The highest BCUT2D eigenvalue weighted by Crippen LogP contribution is 2.22. The van der Waals surface area contributed by atoms with E-state index in [0.717, 1.165) is 16.7 Å². The molecule has 1 aliphatic heterocycles. The highest BCUT2D eigenvalue weighted by Gasteiger charge is 2.19. The molecule has 4 heteroatoms. The second-order valence-corrected chi connectivity index (χ2v) is 3.34. The topological polar surface area (TPSA) is 27.1 Å². The Bertz CT molecular complexity index is 231. The van der Waals surface area contributed by atoms with Crippen molar-refractivity contribution in [2.45, 2.75) is 12.6 Å². The predicted molar refractivity (Wildman–Crippen MR) is 44.6 cm³/mol. The first-order chi connectivity index (χ1) is 4.86. The van der Waals surface area contributed by atoms with Crippen LogP contribution in [0.2, 0.25) is 0 Å². The number of hydrogen-bond donors (Lipinski definition) is 0. The summed E-state index contributed by atoms with van der Waals surface area (Å²) in [7, 11) is 0. The van der Waals surface area contributed by atoms with Gasteiger partial charge in [0.15, 0.2) is 6.23 Å². The molecule has 1 atom stereocenters. The lowest BCUT2D eigenvalue weighted by atomic mass is 10.3. The number of aromatic nitrogens is 2. The lowest BCUT2D eigenvalue weighted by Gasteiger charge is -2.26. The first-order valence-electron chi connectivity index (χ1n) is 3.18. The second-order valence-electron chi connectivity index (χ2n) is 2.23. The maximum absolute atomic E-state index is 5.23. The van der Waals surface area contributed by atoms with E-state index in [1.807, 2.05) is 16.9 Å². The molecule has 3 nitrogen and oxygen atoms in total. The molecule has 1 aromatic heterocycles. The summed E-state index contributed by atoms with van der Waals surface area (Å²) in [4.78, 5) is 0. The van der Waals surface area contributed by atoms with Crippen LogP contribution in [0.3, 0.4) is 0 Å². The summed E-state index contributed by atoms with van der Waals surface area (Å²) in [6, 6.07) is 1.97. The van der Waals surface area contributed by atoms with E-state index in [4.69, 9.17) is 4.74 Å². The van der Waals surface area contributed by atoms with Crippen molar-refractivity contribution in [2.75, 3.05) is 6.61 Å². The Morgan fingerprint density at radius 3 is 3.00 bits per heavy atom. The van der Waals surface area contributed by atoms with Crippen molar-refractivity contribution in [3.05, 3.63) is 16.0 Å². The van der Waals surface area contributed by atoms with Gasteiger partial charge in [-0.05, 0) is 28.7 Å². The van der Waals surface area contributed by atoms with Crippen LogP contribution in [-0.4, -0.2) is 16.4 Å². The van der Waals surface area contributed by atoms with E-state index in [0.29, 0.717) is 0 Å². The summed E-state index contributed by atoms with van der Waals surface area (Å²) < 4.78 is 8.11. The summed E-state index contributed by atoms with van der Waals surface area (Å²) in [6.45, 7) is 0.876. The summed E-state index contributed by atoms with van der Waals surface area (Å²) in [5.74, 6) is 0. The van der Waals surface area contributed by atoms with Crippen LogP contribution in [0.25, 0.3) is 0 Å². The molecule has 0 spiro atoms. The lowest BCUT2D eigenvalue weighted by molar-refractivity contribution is -0.106. The average molecular weight is 250 g/mol. The van der Waals surface area contributed by atoms with Crippen LogP contribution in [-0.2, 0) is 4.74 Å². The van der Waals surface area contributed by atoms with Gasteiger partial charge in [-0.1, -0.05) is 0 Å². The third-order valence-electron chi connectivity index (χ3n) is 1.55. The first kappa shape index (κ1) is 6.60. The number of nitrogens with zero attached hydrogens (tertiary/aromatic N) is 2. The van der Waals surface area contributed by atoms with E-state index in [-0.39, 0.29) is 6.23 Å². The van der Waals surface area contributed by atoms with E-state index in [9.17, 15) is 0 Å². The fraction of sp³-hybridized carbons (Fsp3) is 0.500. The molecule has 2 rings (SSSR count). The fourth-order valence-corrected chi connectivity index (χ4v) is 1.32. The molecule has 0 N–H and O–H groups in total. The summed E-state index contributed by atoms with van der Waals surface area (Å²) >= 11 is 2.19. The molecule has 0 amide bonds. The van der Waals surface area contributed by atoms with Crippen LogP contribution in [0, 0.1) is 3.70 Å². The van der Waals surface area contributed by atoms with E-state index in [2.05, 4.69) is 27.7 Å². The maximum Gasteiger partial charge on any atom is 0.152 e. The molecule has 0 bridgehead atoms. The largest absolute Gasteiger partial charge is 0.356 e. The molecule has 0 saturated carbocycles. The monoisotopic (exact) mass is 250 g/mol. The average Bonchev–Trinajstić information content (AvgIpc) is 2.10. The highest BCUT2D eigenvalue weighted by atomic mass is 127. The smallest absolute Gasteiger partial charge is 0.152 e. The van der Waals surface area contributed by atoms with Crippen molar-refractivity contribution in [1.82, 2.24) is 9.78 Å². The molecule has 1 fully saturated rings. The van der Waals surface area contributed by atoms with E-state index in [1.165, 1.54) is 0 Å². The van der Waals surface area contributed by atoms with Gasteiger partial charge >= 0.3 is 0 Å². The SMILES string of the molecule is Ic1ccn(C2CCO2)n1. The molecule has 54 valence electrons. The van der Waals surface area contributed by atoms with Crippen LogP contribution in [0.1, 0.15) is 12.6 Å². The highest BCUT2D eigenvalue weighted by molar-refractivity contribution is 14.1. The Hall–Kier alpha value is -0.100. The van der Waals surface area contributed by atoms with E-state index < -0.39 is 0 Å². The number of rotatable bonds is 1. The minimum absolute atomic E-state index is 0.212. The van der Waals surface area contributed by atoms with Crippen LogP contribution in [0.5, 0.6) is 0 Å². The van der Waals surface area contributed by atoms with Gasteiger partial charge in [0.25, 0.3) is 0 Å². The van der Waals surface area contributed by atoms with Crippen molar-refractivity contribution in [3.63, 3.8) is 0 Å². The molecule has 0 aromatic carbocycles.